The monoisotopic (exact) mass is 238 g/mol. The van der Waals surface area contributed by atoms with E-state index in [1.54, 1.807) is 0 Å². The van der Waals surface area contributed by atoms with Crippen molar-refractivity contribution >= 4 is 62.7 Å². The Labute approximate surface area is 109 Å². The molecule has 0 fully saturated rings. The molecule has 7 heteroatoms. The van der Waals surface area contributed by atoms with Crippen LogP contribution in [0.15, 0.2) is 34.2 Å². The predicted molar refractivity (Wildman–Crippen MR) is 56.7 cm³/mol. The maximum Gasteiger partial charge on any atom is 0.294 e. The second-order valence-electron chi connectivity index (χ2n) is 2.17. The summed E-state index contributed by atoms with van der Waals surface area (Å²) in [5.74, 6) is 0. The van der Waals surface area contributed by atoms with Gasteiger partial charge in [-0.05, 0) is 36.5 Å². The first kappa shape index (κ1) is 13.9. The van der Waals surface area contributed by atoms with Crippen molar-refractivity contribution in [3.63, 3.8) is 0 Å². The van der Waals surface area contributed by atoms with Crippen molar-refractivity contribution in [3.8, 4) is 0 Å². The van der Waals surface area contributed by atoms with Gasteiger partial charge >= 0.3 is 0 Å². The summed E-state index contributed by atoms with van der Waals surface area (Å²) in [6.45, 7) is 0. The van der Waals surface area contributed by atoms with Crippen LogP contribution >= 0.6 is 12.2 Å². The molecule has 0 aromatic heterocycles. The number of nitrogens with zero attached hydrogens (tertiary/aromatic N) is 1. The fourth-order valence-electron chi connectivity index (χ4n) is 0.745. The molecular weight excluding hydrogens is 233 g/mol. The molecule has 0 aliphatic heterocycles. The third-order valence-corrected chi connectivity index (χ3v) is 2.27. The predicted octanol–water partition coefficient (Wildman–Crippen LogP) is 1.29. The number of aliphatic imine (C=N–C) groups is 1. The average Bonchev–Trinajstić information content (AvgIpc) is 2.04. The van der Waals surface area contributed by atoms with Gasteiger partial charge in [0, 0.05) is 29.6 Å². The van der Waals surface area contributed by atoms with Crippen molar-refractivity contribution in [1.29, 1.82) is 0 Å². The Bertz CT molecular complexity index is 448. The first-order valence-electron chi connectivity index (χ1n) is 3.19. The number of thiocarbonyl (C=S) groups is 1. The maximum atomic E-state index is 10.6. The SMILES string of the molecule is O=S(=O)(O)c1ccc(N=C=S)cc1.[Na]. The van der Waals surface area contributed by atoms with E-state index in [-0.39, 0.29) is 34.5 Å². The Morgan fingerprint density at radius 2 is 1.79 bits per heavy atom. The van der Waals surface area contributed by atoms with Gasteiger partial charge in [-0.15, -0.1) is 0 Å². The van der Waals surface area contributed by atoms with Crippen LogP contribution in [0.3, 0.4) is 0 Å². The molecule has 1 aromatic carbocycles. The Kier molecular flexibility index (Phi) is 5.70. The summed E-state index contributed by atoms with van der Waals surface area (Å²) in [6.07, 6.45) is 0. The Balaban J connectivity index is 0.00000169. The number of benzene rings is 1. The fraction of sp³-hybridized carbons (Fsp3) is 0. The Hall–Kier alpha value is -0.0700. The van der Waals surface area contributed by atoms with Crippen LogP contribution in [0.4, 0.5) is 5.69 Å². The summed E-state index contributed by atoms with van der Waals surface area (Å²) >= 11 is 4.36. The molecule has 0 spiro atoms. The van der Waals surface area contributed by atoms with Crippen molar-refractivity contribution in [1.82, 2.24) is 0 Å². The molecule has 0 atom stereocenters. The minimum absolute atomic E-state index is 0. The van der Waals surface area contributed by atoms with Gasteiger partial charge in [0.25, 0.3) is 10.1 Å². The van der Waals surface area contributed by atoms with Gasteiger partial charge in [-0.25, -0.2) is 0 Å². The molecule has 0 heterocycles. The molecule has 4 nitrogen and oxygen atoms in total. The van der Waals surface area contributed by atoms with E-state index in [0.29, 0.717) is 5.69 Å². The standard InChI is InChI=1S/C7H5NO3S2.Na/c9-13(10,11)7-3-1-6(2-4-7)8-5-12;/h1-4H,(H,9,10,11);. The average molecular weight is 238 g/mol. The zero-order chi connectivity index (χ0) is 9.90. The van der Waals surface area contributed by atoms with Gasteiger partial charge in [0.15, 0.2) is 0 Å². The molecule has 0 unspecified atom stereocenters. The Morgan fingerprint density at radius 1 is 1.29 bits per heavy atom. The van der Waals surface area contributed by atoms with Gasteiger partial charge in [0.1, 0.15) is 0 Å². The van der Waals surface area contributed by atoms with Crippen molar-refractivity contribution in [2.75, 3.05) is 0 Å². The second-order valence-corrected chi connectivity index (χ2v) is 3.78. The minimum atomic E-state index is -4.12. The zero-order valence-electron chi connectivity index (χ0n) is 7.34. The first-order chi connectivity index (χ1) is 6.04. The van der Waals surface area contributed by atoms with Gasteiger partial charge in [-0.3, -0.25) is 4.55 Å². The maximum absolute atomic E-state index is 10.6. The molecule has 0 bridgehead atoms. The molecule has 0 aliphatic carbocycles. The van der Waals surface area contributed by atoms with Crippen molar-refractivity contribution in [3.05, 3.63) is 24.3 Å². The van der Waals surface area contributed by atoms with Gasteiger partial charge in [0.2, 0.25) is 0 Å². The summed E-state index contributed by atoms with van der Waals surface area (Å²) in [4.78, 5) is 3.45. The van der Waals surface area contributed by atoms with E-state index in [4.69, 9.17) is 4.55 Å². The second kappa shape index (κ2) is 5.72. The van der Waals surface area contributed by atoms with Crippen LogP contribution in [0.5, 0.6) is 0 Å². The summed E-state index contributed by atoms with van der Waals surface area (Å²) in [6, 6.07) is 5.31. The van der Waals surface area contributed by atoms with Crippen LogP contribution in [0.1, 0.15) is 0 Å². The van der Waals surface area contributed by atoms with Crippen LogP contribution in [-0.2, 0) is 10.1 Å². The summed E-state index contributed by atoms with van der Waals surface area (Å²) in [5.41, 5.74) is 0.488. The third-order valence-electron chi connectivity index (χ3n) is 1.31. The normalized spacial score (nSPS) is 9.79. The molecule has 1 radical (unpaired) electrons. The van der Waals surface area contributed by atoms with E-state index in [9.17, 15) is 8.42 Å². The molecule has 1 rings (SSSR count). The molecule has 0 saturated heterocycles. The van der Waals surface area contributed by atoms with Crippen molar-refractivity contribution < 1.29 is 13.0 Å². The van der Waals surface area contributed by atoms with Crippen LogP contribution in [-0.4, -0.2) is 47.7 Å². The van der Waals surface area contributed by atoms with Crippen molar-refractivity contribution in [2.24, 2.45) is 4.99 Å². The van der Waals surface area contributed by atoms with Crippen LogP contribution in [0.25, 0.3) is 0 Å². The zero-order valence-corrected chi connectivity index (χ0v) is 11.0. The number of rotatable bonds is 2. The van der Waals surface area contributed by atoms with E-state index < -0.39 is 10.1 Å². The fourth-order valence-corrected chi connectivity index (χ4v) is 1.33. The molecule has 0 aliphatic rings. The van der Waals surface area contributed by atoms with E-state index in [0.717, 1.165) is 0 Å². The molecule has 1 aromatic rings. The molecule has 69 valence electrons. The molecular formula is C7H5NNaO3S2. The van der Waals surface area contributed by atoms with E-state index in [2.05, 4.69) is 22.4 Å². The molecule has 0 saturated carbocycles. The minimum Gasteiger partial charge on any atom is -0.282 e. The van der Waals surface area contributed by atoms with Gasteiger partial charge in [0.05, 0.1) is 15.7 Å². The molecule has 14 heavy (non-hydrogen) atoms. The summed E-state index contributed by atoms with van der Waals surface area (Å²) < 4.78 is 29.8. The largest absolute Gasteiger partial charge is 0.294 e. The molecule has 1 N–H and O–H groups in total. The number of hydrogen-bond donors (Lipinski definition) is 1. The van der Waals surface area contributed by atoms with Crippen LogP contribution in [0, 0.1) is 0 Å². The quantitative estimate of drug-likeness (QED) is 0.365. The van der Waals surface area contributed by atoms with E-state index >= 15 is 0 Å². The number of isothiocyanates is 1. The third kappa shape index (κ3) is 3.98. The van der Waals surface area contributed by atoms with Crippen LogP contribution in [0.2, 0.25) is 0 Å². The topological polar surface area (TPSA) is 66.7 Å². The first-order valence-corrected chi connectivity index (χ1v) is 5.04. The smallest absolute Gasteiger partial charge is 0.282 e. The van der Waals surface area contributed by atoms with E-state index in [1.807, 2.05) is 0 Å². The molecule has 0 amide bonds. The van der Waals surface area contributed by atoms with Crippen molar-refractivity contribution in [2.45, 2.75) is 4.90 Å². The van der Waals surface area contributed by atoms with Gasteiger partial charge in [-0.2, -0.15) is 13.4 Å². The summed E-state index contributed by atoms with van der Waals surface area (Å²) in [5, 5.41) is 2.14. The van der Waals surface area contributed by atoms with Crippen LogP contribution < -0.4 is 0 Å². The number of hydrogen-bond acceptors (Lipinski definition) is 4. The van der Waals surface area contributed by atoms with E-state index in [1.165, 1.54) is 24.3 Å². The van der Waals surface area contributed by atoms with Gasteiger partial charge < -0.3 is 0 Å². The van der Waals surface area contributed by atoms with Gasteiger partial charge in [-0.1, -0.05) is 0 Å². The Morgan fingerprint density at radius 3 is 2.14 bits per heavy atom. The summed E-state index contributed by atoms with van der Waals surface area (Å²) in [7, 11) is -4.12.